The van der Waals surface area contributed by atoms with Gasteiger partial charge in [-0.05, 0) is 30.6 Å². The molecule has 0 aliphatic carbocycles. The normalized spacial score (nSPS) is 22.0. The summed E-state index contributed by atoms with van der Waals surface area (Å²) in [4.78, 5) is 12.3. The molecular formula is C20H33NO5Si. The van der Waals surface area contributed by atoms with E-state index in [0.29, 0.717) is 0 Å². The van der Waals surface area contributed by atoms with Crippen LogP contribution in [0, 0.1) is 0 Å². The lowest BCUT2D eigenvalue weighted by Gasteiger charge is -2.40. The fourth-order valence-electron chi connectivity index (χ4n) is 2.70. The first-order valence-electron chi connectivity index (χ1n) is 9.46. The number of amides is 1. The van der Waals surface area contributed by atoms with E-state index in [9.17, 15) is 9.90 Å². The molecule has 0 radical (unpaired) electrons. The van der Waals surface area contributed by atoms with Crippen LogP contribution in [0.4, 0.5) is 4.79 Å². The molecule has 1 fully saturated rings. The van der Waals surface area contributed by atoms with E-state index in [0.717, 1.165) is 5.56 Å². The summed E-state index contributed by atoms with van der Waals surface area (Å²) < 4.78 is 17.3. The van der Waals surface area contributed by atoms with Crippen molar-refractivity contribution in [3.8, 4) is 0 Å². The molecule has 1 aromatic rings. The largest absolute Gasteiger partial charge is 0.445 e. The third-order valence-electron chi connectivity index (χ3n) is 5.45. The van der Waals surface area contributed by atoms with Crippen molar-refractivity contribution >= 4 is 14.4 Å². The highest BCUT2D eigenvalue weighted by atomic mass is 28.4. The maximum absolute atomic E-state index is 12.3. The van der Waals surface area contributed by atoms with Crippen molar-refractivity contribution in [1.29, 1.82) is 0 Å². The van der Waals surface area contributed by atoms with Crippen molar-refractivity contribution in [3.63, 3.8) is 0 Å². The van der Waals surface area contributed by atoms with Crippen molar-refractivity contribution in [2.75, 3.05) is 6.61 Å². The zero-order chi connectivity index (χ0) is 20.2. The van der Waals surface area contributed by atoms with Gasteiger partial charge in [0.1, 0.15) is 18.8 Å². The number of benzene rings is 1. The fraction of sp³-hybridized carbons (Fsp3) is 0.650. The molecule has 1 heterocycles. The summed E-state index contributed by atoms with van der Waals surface area (Å²) in [6.45, 7) is 12.9. The molecular weight excluding hydrogens is 362 g/mol. The average molecular weight is 396 g/mol. The van der Waals surface area contributed by atoms with Crippen molar-refractivity contribution in [2.45, 2.75) is 76.8 Å². The molecule has 152 valence electrons. The lowest BCUT2D eigenvalue weighted by Crippen LogP contribution is -2.53. The van der Waals surface area contributed by atoms with Gasteiger partial charge in [0.25, 0.3) is 0 Å². The highest BCUT2D eigenvalue weighted by Crippen LogP contribution is 2.38. The van der Waals surface area contributed by atoms with Gasteiger partial charge in [-0.15, -0.1) is 0 Å². The van der Waals surface area contributed by atoms with Gasteiger partial charge < -0.3 is 24.3 Å². The van der Waals surface area contributed by atoms with Crippen LogP contribution in [0.1, 0.15) is 33.3 Å². The Labute approximate surface area is 163 Å². The molecule has 6 nitrogen and oxygen atoms in total. The number of epoxide rings is 1. The van der Waals surface area contributed by atoms with Crippen molar-refractivity contribution in [1.82, 2.24) is 5.32 Å². The summed E-state index contributed by atoms with van der Waals surface area (Å²) in [5.41, 5.74) is 0.922. The molecule has 0 spiro atoms. The minimum atomic E-state index is -2.01. The lowest BCUT2D eigenvalue weighted by molar-refractivity contribution is 0.104. The first-order chi connectivity index (χ1) is 12.5. The van der Waals surface area contributed by atoms with E-state index in [1.54, 1.807) is 0 Å². The van der Waals surface area contributed by atoms with Crippen LogP contribution in [0.3, 0.4) is 0 Å². The number of rotatable bonds is 8. The number of nitrogens with one attached hydrogen (secondary N) is 1. The molecule has 27 heavy (non-hydrogen) atoms. The zero-order valence-corrected chi connectivity index (χ0v) is 18.2. The third-order valence-corrected chi connectivity index (χ3v) is 10.0. The summed E-state index contributed by atoms with van der Waals surface area (Å²) in [5.74, 6) is 0. The van der Waals surface area contributed by atoms with E-state index in [4.69, 9.17) is 13.9 Å². The van der Waals surface area contributed by atoms with Gasteiger partial charge in [0.15, 0.2) is 8.32 Å². The van der Waals surface area contributed by atoms with E-state index in [2.05, 4.69) is 39.2 Å². The number of hydrogen-bond donors (Lipinski definition) is 2. The van der Waals surface area contributed by atoms with Gasteiger partial charge in [-0.2, -0.15) is 0 Å². The number of ether oxygens (including phenoxy) is 2. The predicted octanol–water partition coefficient (Wildman–Crippen LogP) is 3.45. The predicted molar refractivity (Wildman–Crippen MR) is 107 cm³/mol. The van der Waals surface area contributed by atoms with Crippen LogP contribution in [0.25, 0.3) is 0 Å². The highest BCUT2D eigenvalue weighted by Gasteiger charge is 2.49. The maximum atomic E-state index is 12.3. The summed E-state index contributed by atoms with van der Waals surface area (Å²) in [7, 11) is -2.01. The lowest BCUT2D eigenvalue weighted by atomic mass is 10.1. The number of carbonyl (C=O) groups excluding carboxylic acids is 1. The quantitative estimate of drug-likeness (QED) is 0.520. The number of alkyl carbamates (subject to hydrolysis) is 1. The minimum Gasteiger partial charge on any atom is -0.445 e. The van der Waals surface area contributed by atoms with E-state index in [1.165, 1.54) is 0 Å². The first-order valence-corrected chi connectivity index (χ1v) is 12.4. The smallest absolute Gasteiger partial charge is 0.407 e. The topological polar surface area (TPSA) is 80.3 Å². The maximum Gasteiger partial charge on any atom is 0.407 e. The molecule has 2 rings (SSSR count). The van der Waals surface area contributed by atoms with Gasteiger partial charge in [0.2, 0.25) is 0 Å². The average Bonchev–Trinajstić information content (AvgIpc) is 3.36. The standard InChI is InChI=1S/C20H33NO5Si/c1-14(26-27(5,6)20(2,3)4)17(18-16(12-22)25-18)21-19(23)24-13-15-10-8-7-9-11-15/h7-11,14,16-18,22H,12-13H2,1-6H3,(H,21,23)/t14-,16+,17-,18+/m1/s1. The number of aliphatic hydroxyl groups excluding tert-OH is 1. The summed E-state index contributed by atoms with van der Waals surface area (Å²) in [5, 5.41) is 12.3. The number of hydrogen-bond acceptors (Lipinski definition) is 5. The molecule has 1 saturated heterocycles. The Morgan fingerprint density at radius 2 is 1.93 bits per heavy atom. The van der Waals surface area contributed by atoms with Crippen LogP contribution in [0.2, 0.25) is 18.1 Å². The molecule has 4 atom stereocenters. The van der Waals surface area contributed by atoms with Gasteiger partial charge in [-0.3, -0.25) is 0 Å². The second kappa shape index (κ2) is 8.73. The Kier molecular flexibility index (Phi) is 7.07. The second-order valence-electron chi connectivity index (χ2n) is 8.64. The SMILES string of the molecule is C[C@@H](O[Si](C)(C)C(C)(C)C)[C@@H](NC(=O)OCc1ccccc1)[C@H]1O[C@H]1CO. The fourth-order valence-corrected chi connectivity index (χ4v) is 4.13. The Bertz CT molecular complexity index is 617. The van der Waals surface area contributed by atoms with Gasteiger partial charge in [0, 0.05) is 0 Å². The monoisotopic (exact) mass is 395 g/mol. The van der Waals surface area contributed by atoms with E-state index in [1.807, 2.05) is 37.3 Å². The molecule has 0 bridgehead atoms. The van der Waals surface area contributed by atoms with Gasteiger partial charge in [-0.1, -0.05) is 51.1 Å². The summed E-state index contributed by atoms with van der Waals surface area (Å²) >= 11 is 0. The summed E-state index contributed by atoms with van der Waals surface area (Å²) in [6, 6.07) is 9.15. The molecule has 1 aromatic carbocycles. The van der Waals surface area contributed by atoms with E-state index < -0.39 is 14.4 Å². The molecule has 7 heteroatoms. The zero-order valence-electron chi connectivity index (χ0n) is 17.2. The molecule has 1 aliphatic heterocycles. The number of carbonyl (C=O) groups is 1. The minimum absolute atomic E-state index is 0.0560. The van der Waals surface area contributed by atoms with Gasteiger partial charge in [-0.25, -0.2) is 4.79 Å². The number of aliphatic hydroxyl groups is 1. The molecule has 0 aromatic heterocycles. The molecule has 0 unspecified atom stereocenters. The van der Waals surface area contributed by atoms with Gasteiger partial charge >= 0.3 is 6.09 Å². The third kappa shape index (κ3) is 6.04. The van der Waals surface area contributed by atoms with Crippen molar-refractivity contribution < 1.29 is 23.8 Å². The Balaban J connectivity index is 1.98. The van der Waals surface area contributed by atoms with E-state index in [-0.39, 0.29) is 42.6 Å². The van der Waals surface area contributed by atoms with Crippen LogP contribution in [0.15, 0.2) is 30.3 Å². The van der Waals surface area contributed by atoms with Crippen LogP contribution in [-0.2, 0) is 20.5 Å². The molecule has 1 aliphatic rings. The molecule has 0 saturated carbocycles. The van der Waals surface area contributed by atoms with Gasteiger partial charge in [0.05, 0.1) is 18.8 Å². The van der Waals surface area contributed by atoms with Crippen LogP contribution in [0.5, 0.6) is 0 Å². The summed E-state index contributed by atoms with van der Waals surface area (Å²) in [6.07, 6.45) is -1.30. The molecule has 1 amide bonds. The Hall–Kier alpha value is -1.41. The Morgan fingerprint density at radius 1 is 1.30 bits per heavy atom. The highest BCUT2D eigenvalue weighted by molar-refractivity contribution is 6.74. The second-order valence-corrected chi connectivity index (χ2v) is 13.4. The van der Waals surface area contributed by atoms with Crippen molar-refractivity contribution in [3.05, 3.63) is 35.9 Å². The van der Waals surface area contributed by atoms with Crippen LogP contribution < -0.4 is 5.32 Å². The first kappa shape index (κ1) is 21.9. The van der Waals surface area contributed by atoms with Crippen LogP contribution >= 0.6 is 0 Å². The molecule has 2 N–H and O–H groups in total. The Morgan fingerprint density at radius 3 is 2.44 bits per heavy atom. The van der Waals surface area contributed by atoms with E-state index >= 15 is 0 Å². The van der Waals surface area contributed by atoms with Crippen molar-refractivity contribution in [2.24, 2.45) is 0 Å². The van der Waals surface area contributed by atoms with Crippen LogP contribution in [-0.4, -0.2) is 50.5 Å².